The maximum Gasteiger partial charge on any atom is 0.0212 e. The van der Waals surface area contributed by atoms with Crippen molar-refractivity contribution in [3.63, 3.8) is 0 Å². The van der Waals surface area contributed by atoms with Crippen molar-refractivity contribution in [2.24, 2.45) is 5.92 Å². The van der Waals surface area contributed by atoms with Gasteiger partial charge in [0.25, 0.3) is 0 Å². The molecule has 0 heterocycles. The molecule has 1 saturated carbocycles. The largest absolute Gasteiger partial charge is 0.313 e. The fourth-order valence-corrected chi connectivity index (χ4v) is 2.79. The van der Waals surface area contributed by atoms with Crippen LogP contribution in [0.5, 0.6) is 0 Å². The van der Waals surface area contributed by atoms with Gasteiger partial charge < -0.3 is 5.32 Å². The first kappa shape index (κ1) is 10.4. The molecular formula is C10H21NS. The Balaban J connectivity index is 2.47. The monoisotopic (exact) mass is 187 g/mol. The number of hydrogen-bond acceptors (Lipinski definition) is 2. The molecule has 0 aromatic rings. The second kappa shape index (κ2) is 5.13. The van der Waals surface area contributed by atoms with E-state index in [1.807, 2.05) is 0 Å². The van der Waals surface area contributed by atoms with E-state index in [4.69, 9.17) is 0 Å². The van der Waals surface area contributed by atoms with Gasteiger partial charge in [-0.05, 0) is 25.3 Å². The summed E-state index contributed by atoms with van der Waals surface area (Å²) in [7, 11) is 0. The lowest BCUT2D eigenvalue weighted by Gasteiger charge is -2.36. The third-order valence-electron chi connectivity index (χ3n) is 2.96. The fourth-order valence-electron chi connectivity index (χ4n) is 2.26. The van der Waals surface area contributed by atoms with Crippen LogP contribution in [0.2, 0.25) is 0 Å². The molecule has 1 N–H and O–H groups in total. The molecule has 3 unspecified atom stereocenters. The van der Waals surface area contributed by atoms with E-state index in [-0.39, 0.29) is 0 Å². The van der Waals surface area contributed by atoms with Crippen molar-refractivity contribution in [3.05, 3.63) is 0 Å². The van der Waals surface area contributed by atoms with E-state index in [2.05, 4.69) is 31.8 Å². The Labute approximate surface area is 81.7 Å². The molecular weight excluding hydrogens is 166 g/mol. The molecule has 1 fully saturated rings. The molecule has 1 aliphatic carbocycles. The summed E-state index contributed by atoms with van der Waals surface area (Å²) in [4.78, 5) is 0. The summed E-state index contributed by atoms with van der Waals surface area (Å²) < 4.78 is 0. The van der Waals surface area contributed by atoms with Crippen molar-refractivity contribution >= 4 is 12.6 Å². The summed E-state index contributed by atoms with van der Waals surface area (Å²) in [5, 5.41) is 4.15. The molecule has 0 aromatic heterocycles. The predicted octanol–water partition coefficient (Wildman–Crippen LogP) is 2.47. The Hall–Kier alpha value is 0.310. The van der Waals surface area contributed by atoms with Crippen LogP contribution in [0.4, 0.5) is 0 Å². The highest BCUT2D eigenvalue weighted by atomic mass is 32.1. The van der Waals surface area contributed by atoms with Crippen LogP contribution < -0.4 is 5.32 Å². The van der Waals surface area contributed by atoms with Gasteiger partial charge in [-0.15, -0.1) is 0 Å². The molecule has 0 aromatic carbocycles. The molecule has 1 nitrogen and oxygen atoms in total. The van der Waals surface area contributed by atoms with Gasteiger partial charge >= 0.3 is 0 Å². The predicted molar refractivity (Wildman–Crippen MR) is 57.9 cm³/mol. The molecule has 2 heteroatoms. The summed E-state index contributed by atoms with van der Waals surface area (Å²) in [5.74, 6) is 0.862. The Kier molecular flexibility index (Phi) is 4.44. The molecule has 1 aliphatic rings. The van der Waals surface area contributed by atoms with Gasteiger partial charge in [0.05, 0.1) is 0 Å². The first-order chi connectivity index (χ1) is 5.79. The summed E-state index contributed by atoms with van der Waals surface area (Å²) in [6.07, 6.45) is 5.35. The molecule has 0 radical (unpaired) electrons. The van der Waals surface area contributed by atoms with Crippen molar-refractivity contribution in [1.29, 1.82) is 0 Å². The molecule has 0 spiro atoms. The lowest BCUT2D eigenvalue weighted by molar-refractivity contribution is 0.268. The lowest BCUT2D eigenvalue weighted by atomic mass is 9.82. The minimum atomic E-state index is 0.587. The van der Waals surface area contributed by atoms with Crippen LogP contribution in [-0.4, -0.2) is 17.8 Å². The van der Waals surface area contributed by atoms with Crippen LogP contribution in [0.1, 0.15) is 39.5 Å². The minimum absolute atomic E-state index is 0.587. The molecule has 0 bridgehead atoms. The molecule has 1 rings (SSSR count). The smallest absolute Gasteiger partial charge is 0.0212 e. The van der Waals surface area contributed by atoms with E-state index >= 15 is 0 Å². The average Bonchev–Trinajstić information content (AvgIpc) is 2.09. The number of rotatable bonds is 3. The second-order valence-electron chi connectivity index (χ2n) is 3.75. The molecule has 0 saturated heterocycles. The standard InChI is InChI=1S/C10H21NS/c1-3-8-6-5-7-9(12)10(8)11-4-2/h8-12H,3-7H2,1-2H3. The number of hydrogen-bond donors (Lipinski definition) is 2. The summed E-state index contributed by atoms with van der Waals surface area (Å²) in [6, 6.07) is 0.664. The van der Waals surface area contributed by atoms with E-state index in [1.165, 1.54) is 25.7 Å². The summed E-state index contributed by atoms with van der Waals surface area (Å²) in [5.41, 5.74) is 0. The first-order valence-corrected chi connectivity index (χ1v) is 5.72. The maximum atomic E-state index is 4.64. The zero-order valence-corrected chi connectivity index (χ0v) is 9.11. The first-order valence-electron chi connectivity index (χ1n) is 5.21. The Morgan fingerprint density at radius 2 is 2.08 bits per heavy atom. The van der Waals surface area contributed by atoms with E-state index < -0.39 is 0 Å². The molecule has 12 heavy (non-hydrogen) atoms. The zero-order chi connectivity index (χ0) is 8.97. The third-order valence-corrected chi connectivity index (χ3v) is 3.54. The quantitative estimate of drug-likeness (QED) is 0.647. The minimum Gasteiger partial charge on any atom is -0.313 e. The highest BCUT2D eigenvalue weighted by Crippen LogP contribution is 2.29. The van der Waals surface area contributed by atoms with Crippen LogP contribution in [0.3, 0.4) is 0 Å². The molecule has 3 atom stereocenters. The van der Waals surface area contributed by atoms with Crippen molar-refractivity contribution in [1.82, 2.24) is 5.32 Å². The normalized spacial score (nSPS) is 36.8. The lowest BCUT2D eigenvalue weighted by Crippen LogP contribution is -2.45. The molecule has 0 aliphatic heterocycles. The SMILES string of the molecule is CCNC1C(S)CCCC1CC. The van der Waals surface area contributed by atoms with Gasteiger partial charge in [0.15, 0.2) is 0 Å². The van der Waals surface area contributed by atoms with Crippen LogP contribution in [0.15, 0.2) is 0 Å². The Morgan fingerprint density at radius 3 is 2.67 bits per heavy atom. The van der Waals surface area contributed by atoms with Crippen molar-refractivity contribution in [2.45, 2.75) is 50.8 Å². The van der Waals surface area contributed by atoms with E-state index in [0.717, 1.165) is 12.5 Å². The zero-order valence-electron chi connectivity index (χ0n) is 8.21. The van der Waals surface area contributed by atoms with Crippen LogP contribution in [0, 0.1) is 5.92 Å². The van der Waals surface area contributed by atoms with Crippen LogP contribution in [-0.2, 0) is 0 Å². The number of nitrogens with one attached hydrogen (secondary N) is 1. The van der Waals surface area contributed by atoms with E-state index in [0.29, 0.717) is 11.3 Å². The molecule has 72 valence electrons. The van der Waals surface area contributed by atoms with Crippen molar-refractivity contribution in [3.8, 4) is 0 Å². The Bertz CT molecular complexity index is 127. The highest BCUT2D eigenvalue weighted by molar-refractivity contribution is 7.81. The number of thiol groups is 1. The fraction of sp³-hybridized carbons (Fsp3) is 1.00. The summed E-state index contributed by atoms with van der Waals surface area (Å²) in [6.45, 7) is 5.56. The Morgan fingerprint density at radius 1 is 1.33 bits per heavy atom. The van der Waals surface area contributed by atoms with Gasteiger partial charge in [0.1, 0.15) is 0 Å². The third kappa shape index (κ3) is 2.40. The van der Waals surface area contributed by atoms with Gasteiger partial charge in [-0.1, -0.05) is 26.7 Å². The maximum absolute atomic E-state index is 4.64. The van der Waals surface area contributed by atoms with Crippen molar-refractivity contribution in [2.75, 3.05) is 6.54 Å². The van der Waals surface area contributed by atoms with Gasteiger partial charge in [0, 0.05) is 11.3 Å². The molecule has 0 amide bonds. The summed E-state index contributed by atoms with van der Waals surface area (Å²) >= 11 is 4.64. The highest BCUT2D eigenvalue weighted by Gasteiger charge is 2.28. The van der Waals surface area contributed by atoms with Gasteiger partial charge in [-0.3, -0.25) is 0 Å². The average molecular weight is 187 g/mol. The topological polar surface area (TPSA) is 12.0 Å². The van der Waals surface area contributed by atoms with Crippen molar-refractivity contribution < 1.29 is 0 Å². The van der Waals surface area contributed by atoms with Gasteiger partial charge in [0.2, 0.25) is 0 Å². The van der Waals surface area contributed by atoms with Crippen LogP contribution >= 0.6 is 12.6 Å². The van der Waals surface area contributed by atoms with Crippen LogP contribution in [0.25, 0.3) is 0 Å². The van der Waals surface area contributed by atoms with E-state index in [9.17, 15) is 0 Å². The van der Waals surface area contributed by atoms with E-state index in [1.54, 1.807) is 0 Å². The van der Waals surface area contributed by atoms with Gasteiger partial charge in [-0.25, -0.2) is 0 Å². The second-order valence-corrected chi connectivity index (χ2v) is 4.41. The van der Waals surface area contributed by atoms with Gasteiger partial charge in [-0.2, -0.15) is 12.6 Å².